The molecule has 0 aromatic heterocycles. The lowest BCUT2D eigenvalue weighted by Crippen LogP contribution is -2.67. The Labute approximate surface area is 166 Å². The van der Waals surface area contributed by atoms with Gasteiger partial charge in [-0.3, -0.25) is 0 Å². The molecule has 0 radical (unpaired) electrons. The standard InChI is InChI=1S/C19H27F3O7/c1-10-3-4-14-12(9-25-8-11(24)7-23)15(19(20,21)22)26-16-18(14)13(10)5-6-17(2,27-16)28-29-18/h10-11,13-14,16,23-24H,3-9H2,1-2H3/t10-,11?,13+,14+,16-,17+,18-/m1/s1. The van der Waals surface area contributed by atoms with Gasteiger partial charge in [-0.25, -0.2) is 9.78 Å². The van der Waals surface area contributed by atoms with E-state index >= 15 is 0 Å². The van der Waals surface area contributed by atoms with Gasteiger partial charge in [-0.2, -0.15) is 13.2 Å². The Morgan fingerprint density at radius 2 is 2.00 bits per heavy atom. The van der Waals surface area contributed by atoms with E-state index in [-0.39, 0.29) is 24.0 Å². The molecule has 29 heavy (non-hydrogen) atoms. The molecule has 0 aromatic carbocycles. The number of rotatable bonds is 5. The van der Waals surface area contributed by atoms with E-state index in [9.17, 15) is 18.3 Å². The zero-order valence-corrected chi connectivity index (χ0v) is 16.4. The van der Waals surface area contributed by atoms with Gasteiger partial charge in [0.15, 0.2) is 5.60 Å². The van der Waals surface area contributed by atoms with Gasteiger partial charge in [-0.05, 0) is 32.1 Å². The highest BCUT2D eigenvalue weighted by Crippen LogP contribution is 2.61. The molecule has 1 spiro atoms. The average molecular weight is 424 g/mol. The maximum absolute atomic E-state index is 13.9. The molecule has 5 rings (SSSR count). The number of allylic oxidation sites excluding steroid dienone is 1. The van der Waals surface area contributed by atoms with Crippen LogP contribution in [-0.4, -0.2) is 60.0 Å². The lowest BCUT2D eigenvalue weighted by Gasteiger charge is -2.57. The van der Waals surface area contributed by atoms with Crippen LogP contribution in [0.2, 0.25) is 0 Å². The van der Waals surface area contributed by atoms with E-state index in [0.29, 0.717) is 19.3 Å². The Morgan fingerprint density at radius 3 is 2.69 bits per heavy atom. The fourth-order valence-electron chi connectivity index (χ4n) is 5.26. The summed E-state index contributed by atoms with van der Waals surface area (Å²) in [5.74, 6) is -2.83. The monoisotopic (exact) mass is 424 g/mol. The molecular weight excluding hydrogens is 397 g/mol. The Balaban J connectivity index is 1.74. The van der Waals surface area contributed by atoms with Crippen LogP contribution in [0.1, 0.15) is 39.5 Å². The minimum atomic E-state index is -4.73. The van der Waals surface area contributed by atoms with Gasteiger partial charge in [0.1, 0.15) is 6.10 Å². The van der Waals surface area contributed by atoms with Gasteiger partial charge in [0.05, 0.1) is 19.8 Å². The van der Waals surface area contributed by atoms with Gasteiger partial charge in [-0.1, -0.05) is 6.92 Å². The lowest BCUT2D eigenvalue weighted by atomic mass is 9.59. The first-order chi connectivity index (χ1) is 13.6. The second-order valence-electron chi connectivity index (χ2n) is 8.68. The van der Waals surface area contributed by atoms with Crippen LogP contribution in [-0.2, 0) is 24.0 Å². The average Bonchev–Trinajstić information content (AvgIpc) is 2.89. The predicted octanol–water partition coefficient (Wildman–Crippen LogP) is 2.42. The van der Waals surface area contributed by atoms with E-state index in [2.05, 4.69) is 6.92 Å². The number of aliphatic hydroxyl groups is 2. The molecule has 2 bridgehead atoms. The molecule has 4 heterocycles. The Morgan fingerprint density at radius 1 is 1.24 bits per heavy atom. The molecule has 7 nitrogen and oxygen atoms in total. The van der Waals surface area contributed by atoms with E-state index in [1.807, 2.05) is 0 Å². The quantitative estimate of drug-likeness (QED) is 0.656. The number of hydrogen-bond acceptors (Lipinski definition) is 7. The number of aliphatic hydroxyl groups excluding tert-OH is 2. The van der Waals surface area contributed by atoms with Crippen LogP contribution in [0.3, 0.4) is 0 Å². The molecule has 0 amide bonds. The number of ether oxygens (including phenoxy) is 3. The predicted molar refractivity (Wildman–Crippen MR) is 90.9 cm³/mol. The van der Waals surface area contributed by atoms with E-state index in [4.69, 9.17) is 29.1 Å². The second-order valence-corrected chi connectivity index (χ2v) is 8.68. The minimum Gasteiger partial charge on any atom is -0.456 e. The van der Waals surface area contributed by atoms with Crippen molar-refractivity contribution in [2.75, 3.05) is 19.8 Å². The number of alkyl halides is 3. The second kappa shape index (κ2) is 7.35. The van der Waals surface area contributed by atoms with Gasteiger partial charge in [0.2, 0.25) is 17.8 Å². The van der Waals surface area contributed by atoms with Crippen molar-refractivity contribution in [2.24, 2.45) is 17.8 Å². The molecule has 166 valence electrons. The van der Waals surface area contributed by atoms with Gasteiger partial charge < -0.3 is 24.4 Å². The summed E-state index contributed by atoms with van der Waals surface area (Å²) in [4.78, 5) is 11.4. The molecule has 0 aromatic rings. The van der Waals surface area contributed by atoms with E-state index < -0.39 is 54.8 Å². The van der Waals surface area contributed by atoms with Gasteiger partial charge in [-0.15, -0.1) is 0 Å². The molecule has 4 aliphatic heterocycles. The van der Waals surface area contributed by atoms with Crippen molar-refractivity contribution >= 4 is 0 Å². The summed E-state index contributed by atoms with van der Waals surface area (Å²) in [6.07, 6.45) is -4.77. The van der Waals surface area contributed by atoms with Gasteiger partial charge in [0.25, 0.3) is 0 Å². The van der Waals surface area contributed by atoms with Crippen molar-refractivity contribution in [3.63, 3.8) is 0 Å². The van der Waals surface area contributed by atoms with Crippen molar-refractivity contribution in [1.29, 1.82) is 0 Å². The summed E-state index contributed by atoms with van der Waals surface area (Å²) in [7, 11) is 0. The summed E-state index contributed by atoms with van der Waals surface area (Å²) >= 11 is 0. The zero-order chi connectivity index (χ0) is 21.0. The van der Waals surface area contributed by atoms with Crippen molar-refractivity contribution < 1.29 is 47.4 Å². The maximum atomic E-state index is 13.9. The highest BCUT2D eigenvalue weighted by molar-refractivity contribution is 5.28. The molecule has 3 saturated heterocycles. The Hall–Kier alpha value is -0.910. The lowest BCUT2D eigenvalue weighted by molar-refractivity contribution is -0.557. The van der Waals surface area contributed by atoms with E-state index in [0.717, 1.165) is 6.42 Å². The zero-order valence-electron chi connectivity index (χ0n) is 16.4. The first kappa shape index (κ1) is 21.3. The number of halogens is 3. The van der Waals surface area contributed by atoms with Crippen LogP contribution in [0.5, 0.6) is 0 Å². The Bertz CT molecular complexity index is 669. The van der Waals surface area contributed by atoms with E-state index in [1.165, 1.54) is 0 Å². The third kappa shape index (κ3) is 3.47. The summed E-state index contributed by atoms with van der Waals surface area (Å²) < 4.78 is 58.3. The first-order valence-electron chi connectivity index (χ1n) is 9.99. The maximum Gasteiger partial charge on any atom is 0.449 e. The molecule has 1 unspecified atom stereocenters. The third-order valence-corrected chi connectivity index (χ3v) is 6.69. The van der Waals surface area contributed by atoms with Crippen LogP contribution < -0.4 is 0 Å². The summed E-state index contributed by atoms with van der Waals surface area (Å²) in [5.41, 5.74) is -1.25. The largest absolute Gasteiger partial charge is 0.456 e. The summed E-state index contributed by atoms with van der Waals surface area (Å²) in [6, 6.07) is 0. The SMILES string of the molecule is C[C@@H]1CC[C@H]2C(COCC(O)CO)=C(C(F)(F)F)O[C@@H]3O[C@]4(C)CC[C@@H]1[C@]32OO4. The molecule has 10 heteroatoms. The summed E-state index contributed by atoms with van der Waals surface area (Å²) in [6.45, 7) is 2.48. The highest BCUT2D eigenvalue weighted by atomic mass is 19.4. The topological polar surface area (TPSA) is 86.6 Å². The third-order valence-electron chi connectivity index (χ3n) is 6.69. The molecule has 5 aliphatic rings. The number of fused-ring (bicyclic) bond motifs is 2. The molecule has 2 N–H and O–H groups in total. The number of hydrogen-bond donors (Lipinski definition) is 2. The first-order valence-corrected chi connectivity index (χ1v) is 9.99. The van der Waals surface area contributed by atoms with Crippen molar-refractivity contribution in [1.82, 2.24) is 0 Å². The van der Waals surface area contributed by atoms with Crippen LogP contribution in [0.25, 0.3) is 0 Å². The molecule has 1 saturated carbocycles. The van der Waals surface area contributed by atoms with Crippen LogP contribution in [0, 0.1) is 17.8 Å². The molecule has 7 atom stereocenters. The Kier molecular flexibility index (Phi) is 5.40. The molecular formula is C19H27F3O7. The van der Waals surface area contributed by atoms with Gasteiger partial charge >= 0.3 is 6.18 Å². The normalized spacial score (nSPS) is 42.9. The minimum absolute atomic E-state index is 0.0616. The summed E-state index contributed by atoms with van der Waals surface area (Å²) in [5, 5.41) is 18.4. The highest BCUT2D eigenvalue weighted by Gasteiger charge is 2.70. The molecule has 1 aliphatic carbocycles. The fraction of sp³-hybridized carbons (Fsp3) is 0.895. The van der Waals surface area contributed by atoms with E-state index in [1.54, 1.807) is 6.92 Å². The van der Waals surface area contributed by atoms with Crippen molar-refractivity contribution in [3.05, 3.63) is 11.3 Å². The van der Waals surface area contributed by atoms with Crippen LogP contribution in [0.4, 0.5) is 13.2 Å². The van der Waals surface area contributed by atoms with Crippen LogP contribution in [0.15, 0.2) is 11.3 Å². The van der Waals surface area contributed by atoms with Gasteiger partial charge in [0, 0.05) is 23.8 Å². The molecule has 4 fully saturated rings. The fourth-order valence-corrected chi connectivity index (χ4v) is 5.26. The van der Waals surface area contributed by atoms with Crippen molar-refractivity contribution in [2.45, 2.75) is 69.5 Å². The van der Waals surface area contributed by atoms with Crippen molar-refractivity contribution in [3.8, 4) is 0 Å². The van der Waals surface area contributed by atoms with Crippen LogP contribution >= 0.6 is 0 Å². The smallest absolute Gasteiger partial charge is 0.449 e.